The number of hydrogen-bond acceptors (Lipinski definition) is 5. The number of nitrogens with one attached hydrogen (secondary N) is 1. The molecule has 0 saturated heterocycles. The van der Waals surface area contributed by atoms with Crippen molar-refractivity contribution in [3.8, 4) is 12.1 Å². The summed E-state index contributed by atoms with van der Waals surface area (Å²) in [6.07, 6.45) is 1.38. The van der Waals surface area contributed by atoms with Gasteiger partial charge in [0.25, 0.3) is 0 Å². The van der Waals surface area contributed by atoms with Gasteiger partial charge in [0.1, 0.15) is 18.0 Å². The average molecular weight is 264 g/mol. The van der Waals surface area contributed by atoms with E-state index in [0.717, 1.165) is 0 Å². The molecule has 0 amide bonds. The number of aromatic nitrogens is 1. The van der Waals surface area contributed by atoms with Gasteiger partial charge in [0.15, 0.2) is 0 Å². The highest BCUT2D eigenvalue weighted by molar-refractivity contribution is 5.88. The Labute approximate surface area is 114 Å². The van der Waals surface area contributed by atoms with E-state index in [1.807, 2.05) is 12.1 Å². The molecule has 96 valence electrons. The van der Waals surface area contributed by atoms with Gasteiger partial charge < -0.3 is 10.4 Å². The van der Waals surface area contributed by atoms with E-state index in [4.69, 9.17) is 15.6 Å². The van der Waals surface area contributed by atoms with Crippen LogP contribution in [-0.4, -0.2) is 16.1 Å². The van der Waals surface area contributed by atoms with E-state index in [0.29, 0.717) is 11.5 Å². The highest BCUT2D eigenvalue weighted by Gasteiger charge is 2.06. The maximum absolute atomic E-state index is 10.9. The first-order valence-corrected chi connectivity index (χ1v) is 5.54. The Balaban J connectivity index is 2.31. The molecule has 0 fully saturated rings. The van der Waals surface area contributed by atoms with Crippen molar-refractivity contribution in [2.24, 2.45) is 0 Å². The molecule has 1 aromatic carbocycles. The number of carboxylic acid groups (broad SMARTS) is 1. The lowest BCUT2D eigenvalue weighted by Gasteiger charge is -2.07. The molecule has 1 heterocycles. The summed E-state index contributed by atoms with van der Waals surface area (Å²) in [6, 6.07) is 11.2. The number of hydrogen-bond donors (Lipinski definition) is 2. The third kappa shape index (κ3) is 2.71. The van der Waals surface area contributed by atoms with E-state index in [-0.39, 0.29) is 16.7 Å². The fraction of sp³-hybridized carbons (Fsp3) is 0. The number of rotatable bonds is 3. The van der Waals surface area contributed by atoms with Crippen molar-refractivity contribution in [1.29, 1.82) is 10.5 Å². The zero-order valence-corrected chi connectivity index (χ0v) is 10.2. The molecule has 2 rings (SSSR count). The number of nitriles is 2. The average Bonchev–Trinajstić information content (AvgIpc) is 2.47. The molecule has 2 N–H and O–H groups in total. The number of aromatic carboxylic acids is 1. The standard InChI is InChI=1S/C14H8N4O2/c15-7-10-1-2-12(5-11(10)8-16)18-13-6-9(14(19)20)3-4-17-13/h1-6H,(H,17,18)(H,19,20). The minimum absolute atomic E-state index is 0.108. The van der Waals surface area contributed by atoms with Gasteiger partial charge in [-0.1, -0.05) is 0 Å². The molecule has 0 unspecified atom stereocenters. The summed E-state index contributed by atoms with van der Waals surface area (Å²) in [4.78, 5) is 14.8. The molecule has 6 heteroatoms. The van der Waals surface area contributed by atoms with Gasteiger partial charge >= 0.3 is 5.97 Å². The molecular weight excluding hydrogens is 256 g/mol. The number of carboxylic acids is 1. The molecule has 2 aromatic rings. The van der Waals surface area contributed by atoms with Crippen LogP contribution in [0.3, 0.4) is 0 Å². The molecule has 0 bridgehead atoms. The molecular formula is C14H8N4O2. The summed E-state index contributed by atoms with van der Waals surface area (Å²) in [5.74, 6) is -0.702. The van der Waals surface area contributed by atoms with Gasteiger partial charge in [-0.3, -0.25) is 0 Å². The Kier molecular flexibility index (Phi) is 3.60. The maximum atomic E-state index is 10.9. The largest absolute Gasteiger partial charge is 0.478 e. The van der Waals surface area contributed by atoms with Crippen molar-refractivity contribution in [3.63, 3.8) is 0 Å². The summed E-state index contributed by atoms with van der Waals surface area (Å²) < 4.78 is 0. The number of pyridine rings is 1. The van der Waals surface area contributed by atoms with Crippen LogP contribution in [0.4, 0.5) is 11.5 Å². The van der Waals surface area contributed by atoms with E-state index in [1.54, 1.807) is 6.07 Å². The third-order valence-electron chi connectivity index (χ3n) is 2.54. The summed E-state index contributed by atoms with van der Waals surface area (Å²) in [5.41, 5.74) is 1.18. The van der Waals surface area contributed by atoms with Crippen LogP contribution in [0, 0.1) is 22.7 Å². The predicted molar refractivity (Wildman–Crippen MR) is 70.4 cm³/mol. The molecule has 0 aliphatic carbocycles. The van der Waals surface area contributed by atoms with Gasteiger partial charge in [-0.2, -0.15) is 10.5 Å². The van der Waals surface area contributed by atoms with E-state index in [1.165, 1.54) is 30.5 Å². The normalized spacial score (nSPS) is 9.30. The summed E-state index contributed by atoms with van der Waals surface area (Å²) >= 11 is 0. The molecule has 6 nitrogen and oxygen atoms in total. The van der Waals surface area contributed by atoms with Crippen LogP contribution < -0.4 is 5.32 Å². The van der Waals surface area contributed by atoms with E-state index in [9.17, 15) is 4.79 Å². The Morgan fingerprint density at radius 2 is 1.90 bits per heavy atom. The van der Waals surface area contributed by atoms with Crippen molar-refractivity contribution in [1.82, 2.24) is 4.98 Å². The van der Waals surface area contributed by atoms with E-state index < -0.39 is 5.97 Å². The summed E-state index contributed by atoms with van der Waals surface area (Å²) in [5, 5.41) is 29.5. The van der Waals surface area contributed by atoms with Crippen LogP contribution in [0.1, 0.15) is 21.5 Å². The third-order valence-corrected chi connectivity index (χ3v) is 2.54. The van der Waals surface area contributed by atoms with Gasteiger partial charge in [-0.25, -0.2) is 9.78 Å². The topological polar surface area (TPSA) is 110 Å². The van der Waals surface area contributed by atoms with Crippen molar-refractivity contribution in [3.05, 3.63) is 53.2 Å². The second-order valence-corrected chi connectivity index (χ2v) is 3.84. The van der Waals surface area contributed by atoms with Crippen LogP contribution >= 0.6 is 0 Å². The predicted octanol–water partition coefficient (Wildman–Crippen LogP) is 2.27. The maximum Gasteiger partial charge on any atom is 0.335 e. The second kappa shape index (κ2) is 5.51. The van der Waals surface area contributed by atoms with Gasteiger partial charge in [0, 0.05) is 11.9 Å². The molecule has 0 atom stereocenters. The lowest BCUT2D eigenvalue weighted by atomic mass is 10.1. The lowest BCUT2D eigenvalue weighted by Crippen LogP contribution is -2.00. The smallest absolute Gasteiger partial charge is 0.335 e. The molecule has 20 heavy (non-hydrogen) atoms. The number of nitrogens with zero attached hydrogens (tertiary/aromatic N) is 3. The Morgan fingerprint density at radius 1 is 1.15 bits per heavy atom. The highest BCUT2D eigenvalue weighted by Crippen LogP contribution is 2.19. The minimum atomic E-state index is -1.05. The Bertz CT molecular complexity index is 756. The van der Waals surface area contributed by atoms with Gasteiger partial charge in [-0.15, -0.1) is 0 Å². The van der Waals surface area contributed by atoms with Crippen molar-refractivity contribution in [2.45, 2.75) is 0 Å². The molecule has 0 aliphatic heterocycles. The van der Waals surface area contributed by atoms with Crippen LogP contribution in [0.25, 0.3) is 0 Å². The lowest BCUT2D eigenvalue weighted by molar-refractivity contribution is 0.0697. The summed E-state index contributed by atoms with van der Waals surface area (Å²) in [6.45, 7) is 0. The van der Waals surface area contributed by atoms with E-state index in [2.05, 4.69) is 10.3 Å². The number of benzene rings is 1. The van der Waals surface area contributed by atoms with Crippen LogP contribution in [0.15, 0.2) is 36.5 Å². The van der Waals surface area contributed by atoms with E-state index >= 15 is 0 Å². The molecule has 1 aromatic heterocycles. The van der Waals surface area contributed by atoms with Gasteiger partial charge in [0.2, 0.25) is 0 Å². The first-order chi connectivity index (χ1) is 9.63. The number of carbonyl (C=O) groups is 1. The molecule has 0 aliphatic rings. The van der Waals surface area contributed by atoms with Gasteiger partial charge in [0.05, 0.1) is 16.7 Å². The van der Waals surface area contributed by atoms with Crippen molar-refractivity contribution < 1.29 is 9.90 Å². The second-order valence-electron chi connectivity index (χ2n) is 3.84. The fourth-order valence-electron chi connectivity index (χ4n) is 1.59. The van der Waals surface area contributed by atoms with Crippen LogP contribution in [0.2, 0.25) is 0 Å². The Morgan fingerprint density at radius 3 is 2.55 bits per heavy atom. The minimum Gasteiger partial charge on any atom is -0.478 e. The monoisotopic (exact) mass is 264 g/mol. The zero-order chi connectivity index (χ0) is 14.5. The van der Waals surface area contributed by atoms with Gasteiger partial charge in [-0.05, 0) is 30.3 Å². The molecule has 0 spiro atoms. The first kappa shape index (κ1) is 13.1. The zero-order valence-electron chi connectivity index (χ0n) is 10.2. The molecule has 0 radical (unpaired) electrons. The van der Waals surface area contributed by atoms with Crippen LogP contribution in [0.5, 0.6) is 0 Å². The fourth-order valence-corrected chi connectivity index (χ4v) is 1.59. The molecule has 0 saturated carbocycles. The Hall–Kier alpha value is -3.38. The van der Waals surface area contributed by atoms with Crippen molar-refractivity contribution in [2.75, 3.05) is 5.32 Å². The van der Waals surface area contributed by atoms with Crippen molar-refractivity contribution >= 4 is 17.5 Å². The SMILES string of the molecule is N#Cc1ccc(Nc2cc(C(=O)O)ccn2)cc1C#N. The quantitative estimate of drug-likeness (QED) is 0.879. The summed E-state index contributed by atoms with van der Waals surface area (Å²) in [7, 11) is 0. The first-order valence-electron chi connectivity index (χ1n) is 5.54. The number of anilines is 2. The van der Waals surface area contributed by atoms with Crippen LogP contribution in [-0.2, 0) is 0 Å². The highest BCUT2D eigenvalue weighted by atomic mass is 16.4.